The predicted molar refractivity (Wildman–Crippen MR) is 72.7 cm³/mol. The summed E-state index contributed by atoms with van der Waals surface area (Å²) in [6.45, 7) is 7.59. The summed E-state index contributed by atoms with van der Waals surface area (Å²) in [5.41, 5.74) is 1.28. The fourth-order valence-electron chi connectivity index (χ4n) is 2.37. The molecule has 1 fully saturated rings. The lowest BCUT2D eigenvalue weighted by atomic mass is 9.96. The maximum absolute atomic E-state index is 9.88. The second-order valence-electron chi connectivity index (χ2n) is 5.15. The standard InChI is InChI=1S/C15H23NO2/c1-3-18-14-6-4-13(5-7-14)10-16-9-8-12(2)15(17)11-16/h4-7,12,15,17H,3,8-11H2,1-2H3. The lowest BCUT2D eigenvalue weighted by Gasteiger charge is -2.34. The maximum atomic E-state index is 9.88. The molecular formula is C15H23NO2. The molecule has 2 unspecified atom stereocenters. The molecule has 3 nitrogen and oxygen atoms in total. The molecule has 100 valence electrons. The summed E-state index contributed by atoms with van der Waals surface area (Å²) in [6, 6.07) is 8.24. The number of piperidine rings is 1. The van der Waals surface area contributed by atoms with E-state index in [1.54, 1.807) is 0 Å². The van der Waals surface area contributed by atoms with Gasteiger partial charge in [-0.2, -0.15) is 0 Å². The van der Waals surface area contributed by atoms with E-state index in [4.69, 9.17) is 4.74 Å². The van der Waals surface area contributed by atoms with Crippen LogP contribution >= 0.6 is 0 Å². The van der Waals surface area contributed by atoms with Crippen molar-refractivity contribution in [1.82, 2.24) is 4.90 Å². The highest BCUT2D eigenvalue weighted by Crippen LogP contribution is 2.20. The van der Waals surface area contributed by atoms with E-state index >= 15 is 0 Å². The first-order valence-electron chi connectivity index (χ1n) is 6.81. The highest BCUT2D eigenvalue weighted by molar-refractivity contribution is 5.27. The first kappa shape index (κ1) is 13.4. The summed E-state index contributed by atoms with van der Waals surface area (Å²) in [7, 11) is 0. The number of hydrogen-bond donors (Lipinski definition) is 1. The summed E-state index contributed by atoms with van der Waals surface area (Å²) in [5, 5.41) is 9.88. The molecule has 1 saturated heterocycles. The summed E-state index contributed by atoms with van der Waals surface area (Å²) in [4.78, 5) is 2.32. The highest BCUT2D eigenvalue weighted by atomic mass is 16.5. The molecule has 1 N–H and O–H groups in total. The van der Waals surface area contributed by atoms with E-state index in [1.807, 2.05) is 19.1 Å². The molecule has 0 amide bonds. The van der Waals surface area contributed by atoms with Crippen LogP contribution in [0.2, 0.25) is 0 Å². The van der Waals surface area contributed by atoms with E-state index in [-0.39, 0.29) is 6.10 Å². The van der Waals surface area contributed by atoms with Crippen LogP contribution in [0.15, 0.2) is 24.3 Å². The summed E-state index contributed by atoms with van der Waals surface area (Å²) in [5.74, 6) is 1.36. The number of β-amino-alcohol motifs (C(OH)–C–C–N with tert-alkyl or cyclic N) is 1. The number of benzene rings is 1. The van der Waals surface area contributed by atoms with E-state index in [2.05, 4.69) is 24.0 Å². The molecule has 1 aromatic rings. The number of likely N-dealkylation sites (tertiary alicyclic amines) is 1. The van der Waals surface area contributed by atoms with Crippen molar-refractivity contribution in [2.45, 2.75) is 32.9 Å². The average Bonchev–Trinajstić information content (AvgIpc) is 2.37. The number of hydrogen-bond acceptors (Lipinski definition) is 3. The Balaban J connectivity index is 1.89. The summed E-state index contributed by atoms with van der Waals surface area (Å²) in [6.07, 6.45) is 0.902. The van der Waals surface area contributed by atoms with Crippen molar-refractivity contribution in [3.63, 3.8) is 0 Å². The number of aliphatic hydroxyl groups excluding tert-OH is 1. The lowest BCUT2D eigenvalue weighted by Crippen LogP contribution is -2.42. The van der Waals surface area contributed by atoms with Crippen molar-refractivity contribution in [2.24, 2.45) is 5.92 Å². The Kier molecular flexibility index (Phi) is 4.61. The Morgan fingerprint density at radius 2 is 2.06 bits per heavy atom. The van der Waals surface area contributed by atoms with E-state index < -0.39 is 0 Å². The molecule has 0 aliphatic carbocycles. The van der Waals surface area contributed by atoms with Gasteiger partial charge >= 0.3 is 0 Å². The van der Waals surface area contributed by atoms with Gasteiger partial charge in [-0.25, -0.2) is 0 Å². The van der Waals surface area contributed by atoms with Crippen molar-refractivity contribution >= 4 is 0 Å². The first-order valence-corrected chi connectivity index (χ1v) is 6.81. The third kappa shape index (κ3) is 3.47. The second-order valence-corrected chi connectivity index (χ2v) is 5.15. The van der Waals surface area contributed by atoms with Crippen molar-refractivity contribution in [2.75, 3.05) is 19.7 Å². The van der Waals surface area contributed by atoms with Gasteiger partial charge in [-0.3, -0.25) is 4.90 Å². The van der Waals surface area contributed by atoms with Gasteiger partial charge in [0, 0.05) is 13.1 Å². The zero-order valence-corrected chi connectivity index (χ0v) is 11.3. The number of rotatable bonds is 4. The third-order valence-electron chi connectivity index (χ3n) is 3.64. The Labute approximate surface area is 109 Å². The molecule has 3 heteroatoms. The van der Waals surface area contributed by atoms with Crippen molar-refractivity contribution < 1.29 is 9.84 Å². The van der Waals surface area contributed by atoms with Gasteiger partial charge < -0.3 is 9.84 Å². The smallest absolute Gasteiger partial charge is 0.119 e. The van der Waals surface area contributed by atoms with Gasteiger partial charge in [-0.15, -0.1) is 0 Å². The highest BCUT2D eigenvalue weighted by Gasteiger charge is 2.23. The Bertz CT molecular complexity index is 363. The van der Waals surface area contributed by atoms with Crippen molar-refractivity contribution in [3.05, 3.63) is 29.8 Å². The molecule has 1 aliphatic rings. The van der Waals surface area contributed by atoms with Gasteiger partial charge in [0.05, 0.1) is 12.7 Å². The monoisotopic (exact) mass is 249 g/mol. The molecule has 1 heterocycles. The van der Waals surface area contributed by atoms with Crippen LogP contribution in [0, 0.1) is 5.92 Å². The molecule has 0 radical (unpaired) electrons. The number of ether oxygens (including phenoxy) is 1. The maximum Gasteiger partial charge on any atom is 0.119 e. The molecule has 1 aliphatic heterocycles. The van der Waals surface area contributed by atoms with Crippen molar-refractivity contribution in [3.8, 4) is 5.75 Å². The quantitative estimate of drug-likeness (QED) is 0.888. The predicted octanol–water partition coefficient (Wildman–Crippen LogP) is 2.29. The van der Waals surface area contributed by atoms with Crippen LogP contribution in [0.5, 0.6) is 5.75 Å². The van der Waals surface area contributed by atoms with E-state index in [9.17, 15) is 5.11 Å². The molecule has 1 aromatic carbocycles. The molecule has 0 bridgehead atoms. The van der Waals surface area contributed by atoms with Gasteiger partial charge in [-0.05, 0) is 43.5 Å². The molecule has 0 spiro atoms. The van der Waals surface area contributed by atoms with Crippen LogP contribution in [0.4, 0.5) is 0 Å². The first-order chi connectivity index (χ1) is 8.69. The van der Waals surface area contributed by atoms with Crippen LogP contribution in [-0.2, 0) is 6.54 Å². The minimum atomic E-state index is -0.179. The van der Waals surface area contributed by atoms with Gasteiger partial charge in [0.2, 0.25) is 0 Å². The van der Waals surface area contributed by atoms with Crippen molar-refractivity contribution in [1.29, 1.82) is 0 Å². The Morgan fingerprint density at radius 3 is 2.67 bits per heavy atom. The molecule has 0 saturated carbocycles. The summed E-state index contributed by atoms with van der Waals surface area (Å²) >= 11 is 0. The Morgan fingerprint density at radius 1 is 1.33 bits per heavy atom. The largest absolute Gasteiger partial charge is 0.494 e. The molecule has 18 heavy (non-hydrogen) atoms. The zero-order valence-electron chi connectivity index (χ0n) is 11.3. The fourth-order valence-corrected chi connectivity index (χ4v) is 2.37. The third-order valence-corrected chi connectivity index (χ3v) is 3.64. The zero-order chi connectivity index (χ0) is 13.0. The Hall–Kier alpha value is -1.06. The van der Waals surface area contributed by atoms with Crippen LogP contribution in [-0.4, -0.2) is 35.8 Å². The fraction of sp³-hybridized carbons (Fsp3) is 0.600. The van der Waals surface area contributed by atoms with Crippen LogP contribution in [0.1, 0.15) is 25.8 Å². The van der Waals surface area contributed by atoms with E-state index in [0.29, 0.717) is 12.5 Å². The minimum absolute atomic E-state index is 0.179. The SMILES string of the molecule is CCOc1ccc(CN2CCC(C)C(O)C2)cc1. The average molecular weight is 249 g/mol. The van der Waals surface area contributed by atoms with Gasteiger partial charge in [0.25, 0.3) is 0 Å². The second kappa shape index (κ2) is 6.21. The molecule has 0 aromatic heterocycles. The summed E-state index contributed by atoms with van der Waals surface area (Å²) < 4.78 is 5.43. The molecule has 2 atom stereocenters. The van der Waals surface area contributed by atoms with E-state index in [0.717, 1.165) is 31.8 Å². The minimum Gasteiger partial charge on any atom is -0.494 e. The van der Waals surface area contributed by atoms with Crippen LogP contribution in [0.25, 0.3) is 0 Å². The van der Waals surface area contributed by atoms with Crippen LogP contribution in [0.3, 0.4) is 0 Å². The molecular weight excluding hydrogens is 226 g/mol. The lowest BCUT2D eigenvalue weighted by molar-refractivity contribution is 0.0259. The van der Waals surface area contributed by atoms with Crippen LogP contribution < -0.4 is 4.74 Å². The topological polar surface area (TPSA) is 32.7 Å². The van der Waals surface area contributed by atoms with Gasteiger partial charge in [-0.1, -0.05) is 19.1 Å². The van der Waals surface area contributed by atoms with Gasteiger partial charge in [0.15, 0.2) is 0 Å². The normalized spacial score (nSPS) is 25.1. The number of aliphatic hydroxyl groups is 1. The molecule has 2 rings (SSSR count). The number of nitrogens with zero attached hydrogens (tertiary/aromatic N) is 1. The van der Waals surface area contributed by atoms with E-state index in [1.165, 1.54) is 5.56 Å². The van der Waals surface area contributed by atoms with Gasteiger partial charge in [0.1, 0.15) is 5.75 Å².